The summed E-state index contributed by atoms with van der Waals surface area (Å²) in [4.78, 5) is 16.0. The minimum absolute atomic E-state index is 0.0986. The van der Waals surface area contributed by atoms with Crippen molar-refractivity contribution in [3.05, 3.63) is 118 Å². The van der Waals surface area contributed by atoms with Gasteiger partial charge in [0.2, 0.25) is 0 Å². The van der Waals surface area contributed by atoms with Crippen molar-refractivity contribution in [2.75, 3.05) is 0 Å². The Bertz CT molecular complexity index is 2020. The number of rotatable bonds is 9. The van der Waals surface area contributed by atoms with Crippen LogP contribution in [0.3, 0.4) is 0 Å². The topological polar surface area (TPSA) is 124 Å². The van der Waals surface area contributed by atoms with Gasteiger partial charge in [0.05, 0.1) is 44.9 Å². The molecule has 0 saturated carbocycles. The first-order chi connectivity index (χ1) is 21.6. The largest absolute Gasteiger partial charge is 0.366 e. The number of nitrogens with two attached hydrogens (primary N) is 1. The van der Waals surface area contributed by atoms with E-state index in [1.807, 2.05) is 0 Å². The Balaban J connectivity index is 1.39. The molecule has 0 fully saturated rings. The van der Waals surface area contributed by atoms with Gasteiger partial charge in [0.25, 0.3) is 5.91 Å². The molecule has 45 heavy (non-hydrogen) atoms. The van der Waals surface area contributed by atoms with E-state index in [-0.39, 0.29) is 27.7 Å². The first-order valence-electron chi connectivity index (χ1n) is 13.1. The Morgan fingerprint density at radius 2 is 1.80 bits per heavy atom. The molecule has 1 atom stereocenters. The number of pyridine rings is 1. The lowest BCUT2D eigenvalue weighted by Gasteiger charge is -2.17. The molecule has 0 saturated heterocycles. The van der Waals surface area contributed by atoms with E-state index in [0.717, 1.165) is 12.3 Å². The monoisotopic (exact) mass is 656 g/mol. The summed E-state index contributed by atoms with van der Waals surface area (Å²) >= 11 is 12.1. The Labute approximate surface area is 261 Å². The second kappa shape index (κ2) is 12.1. The molecule has 3 N–H and O–H groups in total. The zero-order valence-electron chi connectivity index (χ0n) is 22.8. The van der Waals surface area contributed by atoms with Crippen LogP contribution >= 0.6 is 23.2 Å². The third-order valence-electron chi connectivity index (χ3n) is 7.00. The molecule has 4 aromatic heterocycles. The SMILES string of the molecule is NC(=O)c1ccc(-c2cnn([C@H](Cc3ccn(C(F)F)n3)c3ccc(-c4c(-[n+]5cc(Cl)n[nH]5)ccc(Cl)c4F)cn3)c2)cc1F. The van der Waals surface area contributed by atoms with E-state index in [1.165, 1.54) is 52.2 Å². The van der Waals surface area contributed by atoms with Gasteiger partial charge in [-0.05, 0) is 53.6 Å². The van der Waals surface area contributed by atoms with Gasteiger partial charge in [-0.2, -0.15) is 19.0 Å². The zero-order chi connectivity index (χ0) is 31.8. The number of aromatic amines is 1. The maximum Gasteiger partial charge on any atom is 0.333 e. The molecule has 4 heterocycles. The molecule has 1 amide bonds. The predicted molar refractivity (Wildman–Crippen MR) is 155 cm³/mol. The number of carbonyl (C=O) groups excluding carboxylic acids is 1. The number of hydrogen-bond acceptors (Lipinski definition) is 5. The minimum atomic E-state index is -2.83. The van der Waals surface area contributed by atoms with E-state index in [9.17, 15) is 18.0 Å². The van der Waals surface area contributed by atoms with Crippen molar-refractivity contribution in [1.29, 1.82) is 0 Å². The fourth-order valence-electron chi connectivity index (χ4n) is 4.83. The molecule has 0 aliphatic heterocycles. The maximum atomic E-state index is 15.4. The number of nitrogens with one attached hydrogen (secondary N) is 1. The van der Waals surface area contributed by atoms with Crippen LogP contribution in [0, 0.1) is 11.6 Å². The van der Waals surface area contributed by atoms with Gasteiger partial charge in [-0.25, -0.2) is 13.5 Å². The third kappa shape index (κ3) is 6.01. The van der Waals surface area contributed by atoms with Crippen LogP contribution < -0.4 is 10.4 Å². The second-order valence-corrected chi connectivity index (χ2v) is 10.6. The van der Waals surface area contributed by atoms with Gasteiger partial charge < -0.3 is 5.73 Å². The van der Waals surface area contributed by atoms with Crippen LogP contribution in [0.15, 0.2) is 79.5 Å². The molecule has 6 rings (SSSR count). The van der Waals surface area contributed by atoms with Crippen LogP contribution in [-0.2, 0) is 6.42 Å². The molecule has 0 spiro atoms. The van der Waals surface area contributed by atoms with Crippen LogP contribution in [0.1, 0.15) is 34.3 Å². The van der Waals surface area contributed by atoms with Gasteiger partial charge >= 0.3 is 11.7 Å². The quantitative estimate of drug-likeness (QED) is 0.152. The maximum absolute atomic E-state index is 15.4. The molecule has 0 bridgehead atoms. The standard InChI is InChI=1S/C29H19Cl2F4N9O/c30-20-4-6-23(44-14-25(31)39-41-44)26(27(20)33)16-2-5-22(37-11-16)24(10-18-7-8-42(40-18)29(34)35)43-13-17(12-38-43)15-1-3-19(28(36)45)21(32)9-15/h1-9,11-14,24,29H,10H2,(H2,36,45)/p+1/t24-/m1/s1. The highest BCUT2D eigenvalue weighted by atomic mass is 35.5. The first kappa shape index (κ1) is 30.0. The Kier molecular flexibility index (Phi) is 8.08. The predicted octanol–water partition coefficient (Wildman–Crippen LogP) is 5.72. The molecule has 16 heteroatoms. The molecule has 228 valence electrons. The van der Waals surface area contributed by atoms with E-state index >= 15 is 4.39 Å². The third-order valence-corrected chi connectivity index (χ3v) is 7.48. The molecule has 0 radical (unpaired) electrons. The molecule has 6 aromatic rings. The van der Waals surface area contributed by atoms with Crippen LogP contribution in [0.4, 0.5) is 17.6 Å². The van der Waals surface area contributed by atoms with Crippen molar-refractivity contribution in [2.45, 2.75) is 19.0 Å². The lowest BCUT2D eigenvalue weighted by Crippen LogP contribution is -2.33. The van der Waals surface area contributed by atoms with Crippen molar-refractivity contribution in [3.8, 4) is 27.9 Å². The molecule has 10 nitrogen and oxygen atoms in total. The smallest absolute Gasteiger partial charge is 0.333 e. The number of halogens is 6. The van der Waals surface area contributed by atoms with E-state index < -0.39 is 30.1 Å². The summed E-state index contributed by atoms with van der Waals surface area (Å²) in [6.07, 6.45) is 7.27. The molecule has 2 aromatic carbocycles. The summed E-state index contributed by atoms with van der Waals surface area (Å²) in [5.41, 5.74) is 7.53. The molecular weight excluding hydrogens is 637 g/mol. The highest BCUT2D eigenvalue weighted by Crippen LogP contribution is 2.33. The number of carbonyl (C=O) groups is 1. The summed E-state index contributed by atoms with van der Waals surface area (Å²) in [5, 5.41) is 15.0. The van der Waals surface area contributed by atoms with E-state index in [2.05, 4.69) is 25.5 Å². The Morgan fingerprint density at radius 1 is 1.00 bits per heavy atom. The normalized spacial score (nSPS) is 12.2. The van der Waals surface area contributed by atoms with Gasteiger partial charge in [0.1, 0.15) is 5.82 Å². The fraction of sp³-hybridized carbons (Fsp3) is 0.103. The number of amides is 1. The molecule has 0 unspecified atom stereocenters. The minimum Gasteiger partial charge on any atom is -0.366 e. The van der Waals surface area contributed by atoms with Crippen LogP contribution in [0.2, 0.25) is 10.2 Å². The van der Waals surface area contributed by atoms with Crippen molar-refractivity contribution < 1.29 is 27.0 Å². The Morgan fingerprint density at radius 3 is 2.44 bits per heavy atom. The summed E-state index contributed by atoms with van der Waals surface area (Å²) in [6.45, 7) is -2.83. The van der Waals surface area contributed by atoms with Crippen molar-refractivity contribution in [2.24, 2.45) is 5.73 Å². The second-order valence-electron chi connectivity index (χ2n) is 9.81. The van der Waals surface area contributed by atoms with Gasteiger partial charge in [0.15, 0.2) is 17.7 Å². The van der Waals surface area contributed by atoms with Crippen LogP contribution in [0.25, 0.3) is 27.9 Å². The van der Waals surface area contributed by atoms with Gasteiger partial charge in [-0.3, -0.25) is 14.5 Å². The molecular formula is C29H20Cl2F4N9O+. The average Bonchev–Trinajstić information content (AvgIpc) is 3.79. The summed E-state index contributed by atoms with van der Waals surface area (Å²) < 4.78 is 59.9. The van der Waals surface area contributed by atoms with E-state index in [1.54, 1.807) is 24.4 Å². The first-order valence-corrected chi connectivity index (χ1v) is 13.9. The number of H-pyrrole nitrogens is 1. The van der Waals surface area contributed by atoms with E-state index in [4.69, 9.17) is 28.9 Å². The van der Waals surface area contributed by atoms with Gasteiger partial charge in [-0.15, -0.1) is 4.68 Å². The lowest BCUT2D eigenvalue weighted by atomic mass is 10.0. The van der Waals surface area contributed by atoms with Crippen molar-refractivity contribution in [3.63, 3.8) is 0 Å². The van der Waals surface area contributed by atoms with Gasteiger partial charge in [0, 0.05) is 36.1 Å². The highest BCUT2D eigenvalue weighted by molar-refractivity contribution is 6.31. The number of benzene rings is 2. The number of alkyl halides is 2. The van der Waals surface area contributed by atoms with Crippen LogP contribution in [-0.4, -0.2) is 40.8 Å². The van der Waals surface area contributed by atoms with Crippen molar-refractivity contribution in [1.82, 2.24) is 34.9 Å². The summed E-state index contributed by atoms with van der Waals surface area (Å²) in [6, 6.07) is 11.0. The Hall–Kier alpha value is -5.08. The summed E-state index contributed by atoms with van der Waals surface area (Å²) in [7, 11) is 0. The lowest BCUT2D eigenvalue weighted by molar-refractivity contribution is -0.659. The van der Waals surface area contributed by atoms with Crippen molar-refractivity contribution >= 4 is 29.1 Å². The number of primary amides is 1. The van der Waals surface area contributed by atoms with Crippen LogP contribution in [0.5, 0.6) is 0 Å². The van der Waals surface area contributed by atoms with Gasteiger partial charge in [-0.1, -0.05) is 28.9 Å². The van der Waals surface area contributed by atoms with E-state index in [0.29, 0.717) is 38.4 Å². The summed E-state index contributed by atoms with van der Waals surface area (Å²) in [5.74, 6) is -2.38. The number of aromatic nitrogens is 8. The molecule has 0 aliphatic rings. The highest BCUT2D eigenvalue weighted by Gasteiger charge is 2.24. The molecule has 0 aliphatic carbocycles. The zero-order valence-corrected chi connectivity index (χ0v) is 24.3. The number of nitrogens with zero attached hydrogens (tertiary/aromatic N) is 7. The average molecular weight is 657 g/mol. The fourth-order valence-corrected chi connectivity index (χ4v) is 5.13. The number of hydrogen-bond donors (Lipinski definition) is 2.